The van der Waals surface area contributed by atoms with E-state index in [1.165, 1.54) is 12.2 Å². The molecule has 1 atom stereocenters. The van der Waals surface area contributed by atoms with E-state index < -0.39 is 17.9 Å². The highest BCUT2D eigenvalue weighted by Crippen LogP contribution is 2.41. The molecule has 1 unspecified atom stereocenters. The fraction of sp³-hybridized carbons (Fsp3) is 0.500. The van der Waals surface area contributed by atoms with E-state index in [4.69, 9.17) is 16.3 Å². The van der Waals surface area contributed by atoms with Crippen LogP contribution in [0.4, 0.5) is 8.78 Å². The topological polar surface area (TPSA) is 50.9 Å². The molecule has 0 bridgehead atoms. The number of alkyl halides is 2. The monoisotopic (exact) mass is 425 g/mol. The molecule has 0 aromatic carbocycles. The Bertz CT molecular complexity index is 909. The van der Waals surface area contributed by atoms with Crippen molar-refractivity contribution in [2.75, 3.05) is 13.2 Å². The lowest BCUT2D eigenvalue weighted by Crippen LogP contribution is -2.40. The number of allylic oxidation sites excluding steroid dienone is 1. The average molecular weight is 426 g/mol. The minimum atomic E-state index is -2.85. The molecule has 1 N–H and O–H groups in total. The van der Waals surface area contributed by atoms with Gasteiger partial charge in [0, 0.05) is 43.3 Å². The van der Waals surface area contributed by atoms with Gasteiger partial charge in [0.1, 0.15) is 0 Å². The van der Waals surface area contributed by atoms with Crippen LogP contribution in [0.3, 0.4) is 0 Å². The zero-order valence-electron chi connectivity index (χ0n) is 16.5. The van der Waals surface area contributed by atoms with E-state index >= 15 is 0 Å². The predicted molar refractivity (Wildman–Crippen MR) is 109 cm³/mol. The normalized spacial score (nSPS) is 21.8. The number of hydrogen-bond donors (Lipinski definition) is 1. The zero-order chi connectivity index (χ0) is 21.1. The lowest BCUT2D eigenvalue weighted by molar-refractivity contribution is -0.122. The van der Waals surface area contributed by atoms with Crippen LogP contribution in [0.15, 0.2) is 36.5 Å². The summed E-state index contributed by atoms with van der Waals surface area (Å²) < 4.78 is 34.5. The summed E-state index contributed by atoms with van der Waals surface area (Å²) in [6.07, 6.45) is 5.14. The molecule has 3 rings (SSSR count). The second kappa shape index (κ2) is 8.94. The van der Waals surface area contributed by atoms with Gasteiger partial charge in [-0.3, -0.25) is 4.79 Å². The van der Waals surface area contributed by atoms with Crippen molar-refractivity contribution in [2.24, 2.45) is 0 Å². The molecule has 2 aromatic rings. The van der Waals surface area contributed by atoms with Crippen LogP contribution in [-0.4, -0.2) is 40.0 Å². The third kappa shape index (κ3) is 5.24. The second-order valence-electron chi connectivity index (χ2n) is 7.65. The Morgan fingerprint density at radius 1 is 1.41 bits per heavy atom. The van der Waals surface area contributed by atoms with E-state index in [-0.39, 0.29) is 25.0 Å². The van der Waals surface area contributed by atoms with Crippen molar-refractivity contribution in [2.45, 2.75) is 57.0 Å². The number of aromatic nitrogens is 1. The van der Waals surface area contributed by atoms with E-state index in [0.29, 0.717) is 42.2 Å². The van der Waals surface area contributed by atoms with E-state index in [1.807, 2.05) is 23.6 Å². The molecule has 2 aromatic heterocycles. The number of aliphatic hydroxyl groups is 1. The van der Waals surface area contributed by atoms with E-state index in [0.717, 1.165) is 5.69 Å². The van der Waals surface area contributed by atoms with Crippen LogP contribution in [0.1, 0.15) is 55.1 Å². The summed E-state index contributed by atoms with van der Waals surface area (Å²) >= 11 is 6.34. The van der Waals surface area contributed by atoms with Crippen LogP contribution in [0, 0.1) is 0 Å². The van der Waals surface area contributed by atoms with Gasteiger partial charge in [0.05, 0.1) is 22.7 Å². The number of fused-ring (bicyclic) bond motifs is 1. The van der Waals surface area contributed by atoms with Crippen molar-refractivity contribution >= 4 is 22.9 Å². The number of ether oxygens (including phenoxy) is 1. The van der Waals surface area contributed by atoms with Crippen molar-refractivity contribution < 1.29 is 23.4 Å². The molecular weight excluding hydrogens is 400 g/mol. The number of carbonyl (C=O) groups is 1. The largest absolute Gasteiger partial charge is 0.389 e. The molecule has 1 aliphatic rings. The lowest BCUT2D eigenvalue weighted by atomic mass is 9.80. The summed E-state index contributed by atoms with van der Waals surface area (Å²) in [5.74, 6) is -3.13. The van der Waals surface area contributed by atoms with Crippen LogP contribution < -0.4 is 0 Å². The molecule has 29 heavy (non-hydrogen) atoms. The molecule has 158 valence electrons. The van der Waals surface area contributed by atoms with Gasteiger partial charge in [-0.15, -0.1) is 0 Å². The first kappa shape index (κ1) is 21.9. The van der Waals surface area contributed by atoms with Gasteiger partial charge in [0.25, 0.3) is 5.92 Å². The number of ketones is 1. The maximum Gasteiger partial charge on any atom is 0.250 e. The van der Waals surface area contributed by atoms with Gasteiger partial charge in [-0.25, -0.2) is 8.78 Å². The summed E-state index contributed by atoms with van der Waals surface area (Å²) in [6, 6.07) is 5.31. The summed E-state index contributed by atoms with van der Waals surface area (Å²) in [6.45, 7) is 3.06. The minimum absolute atomic E-state index is 0.0189. The number of pyridine rings is 1. The van der Waals surface area contributed by atoms with E-state index in [2.05, 4.69) is 0 Å². The number of rotatable bonds is 8. The Morgan fingerprint density at radius 2 is 2.21 bits per heavy atom. The Kier molecular flexibility index (Phi) is 6.76. The molecule has 0 spiro atoms. The molecular formula is C22H26ClF2NO3. The van der Waals surface area contributed by atoms with Gasteiger partial charge in [-0.1, -0.05) is 17.7 Å². The van der Waals surface area contributed by atoms with Gasteiger partial charge in [0.2, 0.25) is 0 Å². The highest BCUT2D eigenvalue weighted by molar-refractivity contribution is 6.35. The lowest BCUT2D eigenvalue weighted by Gasteiger charge is -2.35. The number of hydrogen-bond acceptors (Lipinski definition) is 3. The minimum Gasteiger partial charge on any atom is -0.389 e. The molecule has 0 aliphatic heterocycles. The SMILES string of the molecule is CCOCCc1cc(C(=O)/C=C/CC2(O)CCCC(F)(F)C2)c2c(Cl)cccn12. The van der Waals surface area contributed by atoms with Gasteiger partial charge in [-0.05, 0) is 50.5 Å². The number of nitrogens with zero attached hydrogens (tertiary/aromatic N) is 1. The van der Waals surface area contributed by atoms with Crippen molar-refractivity contribution in [1.29, 1.82) is 0 Å². The summed E-state index contributed by atoms with van der Waals surface area (Å²) in [5.41, 5.74) is 0.484. The molecule has 1 saturated carbocycles. The number of halogens is 3. The maximum atomic E-state index is 13.6. The Hall–Kier alpha value is -1.76. The highest BCUT2D eigenvalue weighted by atomic mass is 35.5. The summed E-state index contributed by atoms with van der Waals surface area (Å²) in [4.78, 5) is 12.8. The molecule has 0 amide bonds. The van der Waals surface area contributed by atoms with Crippen LogP contribution in [-0.2, 0) is 11.2 Å². The zero-order valence-corrected chi connectivity index (χ0v) is 17.2. The third-order valence-corrected chi connectivity index (χ3v) is 5.64. The van der Waals surface area contributed by atoms with Crippen LogP contribution in [0.5, 0.6) is 0 Å². The summed E-state index contributed by atoms with van der Waals surface area (Å²) in [7, 11) is 0. The Morgan fingerprint density at radius 3 is 2.93 bits per heavy atom. The first-order valence-corrected chi connectivity index (χ1v) is 10.3. The molecule has 2 heterocycles. The fourth-order valence-electron chi connectivity index (χ4n) is 3.97. The molecule has 4 nitrogen and oxygen atoms in total. The Balaban J connectivity index is 1.79. The molecule has 1 aliphatic carbocycles. The van der Waals surface area contributed by atoms with Gasteiger partial charge in [0.15, 0.2) is 5.78 Å². The third-order valence-electron chi connectivity index (χ3n) is 5.33. The van der Waals surface area contributed by atoms with Gasteiger partial charge >= 0.3 is 0 Å². The van der Waals surface area contributed by atoms with Crippen LogP contribution in [0.25, 0.3) is 5.52 Å². The molecule has 1 fully saturated rings. The van der Waals surface area contributed by atoms with Crippen molar-refractivity contribution in [3.05, 3.63) is 52.8 Å². The number of carbonyl (C=O) groups excluding carboxylic acids is 1. The smallest absolute Gasteiger partial charge is 0.250 e. The maximum absolute atomic E-state index is 13.6. The van der Waals surface area contributed by atoms with Crippen LogP contribution >= 0.6 is 11.6 Å². The highest BCUT2D eigenvalue weighted by Gasteiger charge is 2.43. The summed E-state index contributed by atoms with van der Waals surface area (Å²) in [5, 5.41) is 10.9. The predicted octanol–water partition coefficient (Wildman–Crippen LogP) is 5.24. The van der Waals surface area contributed by atoms with E-state index in [9.17, 15) is 18.7 Å². The van der Waals surface area contributed by atoms with Gasteiger partial charge in [-0.2, -0.15) is 0 Å². The van der Waals surface area contributed by atoms with Crippen molar-refractivity contribution in [3.63, 3.8) is 0 Å². The first-order valence-electron chi connectivity index (χ1n) is 9.92. The van der Waals surface area contributed by atoms with Gasteiger partial charge < -0.3 is 14.2 Å². The Labute approximate surface area is 174 Å². The van der Waals surface area contributed by atoms with E-state index in [1.54, 1.807) is 12.1 Å². The first-order chi connectivity index (χ1) is 13.7. The molecule has 0 saturated heterocycles. The second-order valence-corrected chi connectivity index (χ2v) is 8.06. The fourth-order valence-corrected chi connectivity index (χ4v) is 4.24. The molecule has 0 radical (unpaired) electrons. The average Bonchev–Trinajstić information content (AvgIpc) is 3.01. The van der Waals surface area contributed by atoms with Crippen molar-refractivity contribution in [3.8, 4) is 0 Å². The van der Waals surface area contributed by atoms with Crippen LogP contribution in [0.2, 0.25) is 5.02 Å². The standard InChI is InChI=1S/C22H26ClF2NO3/c1-2-29-13-8-16-14-17(20-18(23)6-4-12-26(16)20)19(27)7-3-9-21(28)10-5-11-22(24,25)15-21/h3-4,6-7,12,14,28H,2,5,8-11,13,15H2,1H3/b7-3+. The quantitative estimate of drug-likeness (QED) is 0.357. The van der Waals surface area contributed by atoms with Crippen molar-refractivity contribution in [1.82, 2.24) is 4.40 Å². The molecule has 7 heteroatoms.